The Morgan fingerprint density at radius 3 is 2.35 bits per heavy atom. The topological polar surface area (TPSA) is 50.4 Å². The number of anilines is 2. The second-order valence-electron chi connectivity index (χ2n) is 5.14. The highest BCUT2D eigenvalue weighted by molar-refractivity contribution is 9.10. The number of carbonyl (C=O) groups excluding carboxylic acids is 1. The maximum absolute atomic E-state index is 11.9. The van der Waals surface area contributed by atoms with E-state index >= 15 is 0 Å². The van der Waals surface area contributed by atoms with Gasteiger partial charge in [0.2, 0.25) is 5.91 Å². The zero-order chi connectivity index (χ0) is 16.5. The first kappa shape index (κ1) is 17.3. The number of carbonyl (C=O) groups is 1. The van der Waals surface area contributed by atoms with Crippen LogP contribution in [0.5, 0.6) is 5.75 Å². The third kappa shape index (κ3) is 6.32. The van der Waals surface area contributed by atoms with Gasteiger partial charge >= 0.3 is 0 Å². The van der Waals surface area contributed by atoms with Crippen LogP contribution in [-0.2, 0) is 4.79 Å². The Hall–Kier alpha value is -2.01. The lowest BCUT2D eigenvalue weighted by Crippen LogP contribution is -2.21. The van der Waals surface area contributed by atoms with E-state index in [4.69, 9.17) is 4.74 Å². The van der Waals surface area contributed by atoms with Crippen molar-refractivity contribution in [2.75, 3.05) is 23.8 Å². The number of amides is 1. The molecule has 0 atom stereocenters. The van der Waals surface area contributed by atoms with Crippen LogP contribution in [0.1, 0.15) is 19.8 Å². The van der Waals surface area contributed by atoms with Gasteiger partial charge in [-0.05, 0) is 55.0 Å². The van der Waals surface area contributed by atoms with Crippen LogP contribution in [0.4, 0.5) is 11.4 Å². The molecule has 1 amide bonds. The first-order valence-electron chi connectivity index (χ1n) is 7.69. The molecule has 4 nitrogen and oxygen atoms in total. The smallest absolute Gasteiger partial charge is 0.243 e. The Morgan fingerprint density at radius 2 is 1.70 bits per heavy atom. The van der Waals surface area contributed by atoms with Crippen molar-refractivity contribution in [1.82, 2.24) is 0 Å². The minimum atomic E-state index is -0.0874. The zero-order valence-electron chi connectivity index (χ0n) is 13.1. The molecule has 0 bridgehead atoms. The molecule has 0 radical (unpaired) electrons. The lowest BCUT2D eigenvalue weighted by molar-refractivity contribution is -0.114. The van der Waals surface area contributed by atoms with Crippen LogP contribution in [0.15, 0.2) is 53.0 Å². The molecule has 2 N–H and O–H groups in total. The van der Waals surface area contributed by atoms with Gasteiger partial charge < -0.3 is 15.4 Å². The molecule has 23 heavy (non-hydrogen) atoms. The highest BCUT2D eigenvalue weighted by Gasteiger charge is 2.02. The largest absolute Gasteiger partial charge is 0.494 e. The predicted octanol–water partition coefficient (Wildman–Crippen LogP) is 4.68. The Labute approximate surface area is 145 Å². The minimum Gasteiger partial charge on any atom is -0.494 e. The number of ether oxygens (including phenoxy) is 1. The Balaban J connectivity index is 1.76. The molecule has 0 aromatic heterocycles. The fourth-order valence-electron chi connectivity index (χ4n) is 1.92. The molecule has 0 aliphatic heterocycles. The second-order valence-corrected chi connectivity index (χ2v) is 6.05. The second kappa shape index (κ2) is 9.20. The van der Waals surface area contributed by atoms with Crippen LogP contribution in [0.25, 0.3) is 0 Å². The molecule has 0 heterocycles. The van der Waals surface area contributed by atoms with E-state index in [1.54, 1.807) is 0 Å². The van der Waals surface area contributed by atoms with E-state index in [0.29, 0.717) is 0 Å². The summed E-state index contributed by atoms with van der Waals surface area (Å²) >= 11 is 3.36. The number of hydrogen-bond acceptors (Lipinski definition) is 3. The summed E-state index contributed by atoms with van der Waals surface area (Å²) in [6, 6.07) is 15.1. The van der Waals surface area contributed by atoms with Gasteiger partial charge in [-0.1, -0.05) is 29.3 Å². The first-order chi connectivity index (χ1) is 11.2. The molecule has 2 aromatic rings. The van der Waals surface area contributed by atoms with Crippen molar-refractivity contribution in [2.45, 2.75) is 19.8 Å². The average Bonchev–Trinajstić information content (AvgIpc) is 2.56. The molecule has 0 spiro atoms. The maximum atomic E-state index is 11.9. The van der Waals surface area contributed by atoms with Crippen molar-refractivity contribution in [3.05, 3.63) is 53.0 Å². The first-order valence-corrected chi connectivity index (χ1v) is 8.49. The molecule has 0 saturated heterocycles. The van der Waals surface area contributed by atoms with Crippen molar-refractivity contribution in [2.24, 2.45) is 0 Å². The Bertz CT molecular complexity index is 612. The van der Waals surface area contributed by atoms with Gasteiger partial charge in [0.25, 0.3) is 0 Å². The third-order valence-corrected chi connectivity index (χ3v) is 3.73. The number of rotatable bonds is 8. The normalized spacial score (nSPS) is 10.2. The summed E-state index contributed by atoms with van der Waals surface area (Å²) in [6.45, 7) is 3.08. The summed E-state index contributed by atoms with van der Waals surface area (Å²) in [4.78, 5) is 11.9. The van der Waals surface area contributed by atoms with Crippen molar-refractivity contribution in [3.8, 4) is 5.75 Å². The van der Waals surface area contributed by atoms with Crippen LogP contribution in [0.2, 0.25) is 0 Å². The van der Waals surface area contributed by atoms with Crippen LogP contribution >= 0.6 is 15.9 Å². The van der Waals surface area contributed by atoms with Gasteiger partial charge in [0.15, 0.2) is 0 Å². The van der Waals surface area contributed by atoms with Crippen LogP contribution in [0.3, 0.4) is 0 Å². The van der Waals surface area contributed by atoms with Gasteiger partial charge in [-0.2, -0.15) is 0 Å². The van der Waals surface area contributed by atoms with E-state index in [1.165, 1.54) is 0 Å². The van der Waals surface area contributed by atoms with Gasteiger partial charge in [-0.15, -0.1) is 0 Å². The van der Waals surface area contributed by atoms with E-state index in [2.05, 4.69) is 33.5 Å². The summed E-state index contributed by atoms with van der Waals surface area (Å²) in [5.74, 6) is 0.763. The lowest BCUT2D eigenvalue weighted by Gasteiger charge is -2.09. The molecule has 2 rings (SSSR count). The molecular weight excluding hydrogens is 356 g/mol. The predicted molar refractivity (Wildman–Crippen MR) is 98.1 cm³/mol. The van der Waals surface area contributed by atoms with Gasteiger partial charge in [0.1, 0.15) is 5.75 Å². The van der Waals surface area contributed by atoms with E-state index in [1.807, 2.05) is 48.5 Å². The van der Waals surface area contributed by atoms with Crippen LogP contribution in [-0.4, -0.2) is 19.1 Å². The molecule has 2 aromatic carbocycles. The number of hydrogen-bond donors (Lipinski definition) is 2. The zero-order valence-corrected chi connectivity index (χ0v) is 14.7. The Morgan fingerprint density at radius 1 is 1.04 bits per heavy atom. The van der Waals surface area contributed by atoms with Crippen LogP contribution in [0, 0.1) is 0 Å². The van der Waals surface area contributed by atoms with E-state index in [9.17, 15) is 4.79 Å². The number of halogens is 1. The SMILES string of the molecule is CCCCOc1ccc(NCC(=O)Nc2ccc(Br)cc2)cc1. The van der Waals surface area contributed by atoms with Gasteiger partial charge in [0, 0.05) is 15.8 Å². The highest BCUT2D eigenvalue weighted by Crippen LogP contribution is 2.16. The fraction of sp³-hybridized carbons (Fsp3) is 0.278. The minimum absolute atomic E-state index is 0.0874. The number of nitrogens with one attached hydrogen (secondary N) is 2. The summed E-state index contributed by atoms with van der Waals surface area (Å²) < 4.78 is 6.59. The van der Waals surface area contributed by atoms with E-state index in [0.717, 1.165) is 41.0 Å². The summed E-state index contributed by atoms with van der Waals surface area (Å²) in [6.07, 6.45) is 2.17. The lowest BCUT2D eigenvalue weighted by atomic mass is 10.3. The summed E-state index contributed by atoms with van der Waals surface area (Å²) in [5.41, 5.74) is 1.67. The third-order valence-electron chi connectivity index (χ3n) is 3.20. The maximum Gasteiger partial charge on any atom is 0.243 e. The van der Waals surface area contributed by atoms with Crippen LogP contribution < -0.4 is 15.4 Å². The van der Waals surface area contributed by atoms with Crippen molar-refractivity contribution < 1.29 is 9.53 Å². The van der Waals surface area contributed by atoms with Gasteiger partial charge in [-0.25, -0.2) is 0 Å². The monoisotopic (exact) mass is 376 g/mol. The van der Waals surface area contributed by atoms with Crippen molar-refractivity contribution >= 4 is 33.2 Å². The van der Waals surface area contributed by atoms with Crippen molar-refractivity contribution in [3.63, 3.8) is 0 Å². The quantitative estimate of drug-likeness (QED) is 0.657. The average molecular weight is 377 g/mol. The molecule has 0 aliphatic rings. The highest BCUT2D eigenvalue weighted by atomic mass is 79.9. The summed E-state index contributed by atoms with van der Waals surface area (Å²) in [7, 11) is 0. The van der Waals surface area contributed by atoms with E-state index < -0.39 is 0 Å². The fourth-order valence-corrected chi connectivity index (χ4v) is 2.19. The molecular formula is C18H21BrN2O2. The molecule has 0 aliphatic carbocycles. The molecule has 0 saturated carbocycles. The number of unbranched alkanes of at least 4 members (excludes halogenated alkanes) is 1. The van der Waals surface area contributed by atoms with Gasteiger partial charge in [0.05, 0.1) is 13.2 Å². The van der Waals surface area contributed by atoms with Crippen molar-refractivity contribution in [1.29, 1.82) is 0 Å². The summed E-state index contributed by atoms with van der Waals surface area (Å²) in [5, 5.41) is 5.93. The standard InChI is InChI=1S/C18H21BrN2O2/c1-2-3-12-23-17-10-8-15(9-11-17)20-13-18(22)21-16-6-4-14(19)5-7-16/h4-11,20H,2-3,12-13H2,1H3,(H,21,22). The Kier molecular flexibility index (Phi) is 6.94. The molecule has 5 heteroatoms. The molecule has 0 fully saturated rings. The van der Waals surface area contributed by atoms with E-state index in [-0.39, 0.29) is 12.5 Å². The molecule has 122 valence electrons. The molecule has 0 unspecified atom stereocenters. The number of benzene rings is 2. The van der Waals surface area contributed by atoms with Gasteiger partial charge in [-0.3, -0.25) is 4.79 Å².